The standard InChI is InChI=1S/C70H129NO5/c1-3-5-7-9-11-13-15-16-36-40-44-48-52-56-60-64-70(75)76-65-61-57-53-49-45-41-38-35-33-31-29-27-25-23-21-19-17-18-20-22-24-26-28-30-32-34-37-39-43-47-51-55-59-63-69(74)71-67(66-72)68(73)62-58-54-50-46-42-14-12-10-8-6-4-2/h11,13,16,21,23,27,29,36,58,62,67-68,72-73H,3-10,12,14-15,17-20,22,24-26,28,30-35,37-57,59-61,63-66H2,1-2H3,(H,71,74)/b13-11-,23-21-,29-27-,36-16-,62-58+. The number of esters is 1. The monoisotopic (exact) mass is 1060 g/mol. The number of unbranched alkanes of at least 4 members (excludes halogenated alkanes) is 43. The van der Waals surface area contributed by atoms with Gasteiger partial charge in [0.25, 0.3) is 0 Å². The molecule has 3 N–H and O–H groups in total. The van der Waals surface area contributed by atoms with Gasteiger partial charge in [0.15, 0.2) is 0 Å². The van der Waals surface area contributed by atoms with Crippen molar-refractivity contribution in [2.24, 2.45) is 0 Å². The van der Waals surface area contributed by atoms with E-state index in [1.807, 2.05) is 6.08 Å². The highest BCUT2D eigenvalue weighted by Gasteiger charge is 2.18. The number of amides is 1. The van der Waals surface area contributed by atoms with Crippen molar-refractivity contribution in [1.29, 1.82) is 0 Å². The fraction of sp³-hybridized carbons (Fsp3) is 0.829. The first-order chi connectivity index (χ1) is 37.5. The lowest BCUT2D eigenvalue weighted by atomic mass is 10.0. The van der Waals surface area contributed by atoms with E-state index in [1.54, 1.807) is 6.08 Å². The quantitative estimate of drug-likeness (QED) is 0.0320. The first-order valence-electron chi connectivity index (χ1n) is 33.6. The van der Waals surface area contributed by atoms with Crippen LogP contribution in [0.2, 0.25) is 0 Å². The topological polar surface area (TPSA) is 95.9 Å². The third-order valence-electron chi connectivity index (χ3n) is 15.3. The molecular formula is C70H129NO5. The number of carbonyl (C=O) groups excluding carboxylic acids is 2. The van der Waals surface area contributed by atoms with Gasteiger partial charge in [0, 0.05) is 12.8 Å². The molecule has 0 aliphatic heterocycles. The van der Waals surface area contributed by atoms with E-state index in [9.17, 15) is 19.8 Å². The van der Waals surface area contributed by atoms with E-state index < -0.39 is 12.1 Å². The molecule has 0 radical (unpaired) electrons. The summed E-state index contributed by atoms with van der Waals surface area (Å²) in [6, 6.07) is -0.626. The molecule has 76 heavy (non-hydrogen) atoms. The van der Waals surface area contributed by atoms with Crippen LogP contribution in [0.1, 0.15) is 348 Å². The zero-order valence-electron chi connectivity index (χ0n) is 50.7. The molecule has 2 atom stereocenters. The molecule has 2 unspecified atom stereocenters. The first kappa shape index (κ1) is 73.6. The summed E-state index contributed by atoms with van der Waals surface area (Å²) in [5.74, 6) is -0.0677. The fourth-order valence-electron chi connectivity index (χ4n) is 10.1. The second-order valence-corrected chi connectivity index (χ2v) is 22.8. The Hall–Kier alpha value is -2.44. The van der Waals surface area contributed by atoms with Gasteiger partial charge in [0.05, 0.1) is 25.4 Å². The van der Waals surface area contributed by atoms with Gasteiger partial charge in [-0.3, -0.25) is 9.59 Å². The molecule has 0 bridgehead atoms. The zero-order chi connectivity index (χ0) is 55.0. The molecule has 0 aromatic rings. The number of carbonyl (C=O) groups is 2. The minimum atomic E-state index is -0.842. The van der Waals surface area contributed by atoms with Crippen molar-refractivity contribution in [2.75, 3.05) is 13.2 Å². The average molecular weight is 1060 g/mol. The second kappa shape index (κ2) is 65.1. The molecular weight excluding hydrogens is 935 g/mol. The van der Waals surface area contributed by atoms with Crippen LogP contribution in [-0.4, -0.2) is 47.4 Å². The number of hydrogen-bond acceptors (Lipinski definition) is 5. The Bertz CT molecular complexity index is 1320. The van der Waals surface area contributed by atoms with Gasteiger partial charge in [-0.05, 0) is 96.3 Å². The number of rotatable bonds is 62. The zero-order valence-corrected chi connectivity index (χ0v) is 50.7. The van der Waals surface area contributed by atoms with E-state index in [0.717, 1.165) is 57.8 Å². The van der Waals surface area contributed by atoms with Gasteiger partial charge in [0.2, 0.25) is 5.91 Å². The molecule has 0 aliphatic rings. The molecule has 0 aromatic heterocycles. The highest BCUT2D eigenvalue weighted by atomic mass is 16.5. The number of aliphatic hydroxyl groups is 2. The molecule has 444 valence electrons. The fourth-order valence-corrected chi connectivity index (χ4v) is 10.1. The summed E-state index contributed by atoms with van der Waals surface area (Å²) in [7, 11) is 0. The Kier molecular flexibility index (Phi) is 63.0. The van der Waals surface area contributed by atoms with Crippen LogP contribution in [-0.2, 0) is 14.3 Å². The molecule has 6 heteroatoms. The molecule has 0 rings (SSSR count). The molecule has 6 nitrogen and oxygen atoms in total. The Morgan fingerprint density at radius 1 is 0.368 bits per heavy atom. The summed E-state index contributed by atoms with van der Waals surface area (Å²) < 4.78 is 5.48. The highest BCUT2D eigenvalue weighted by Crippen LogP contribution is 2.17. The largest absolute Gasteiger partial charge is 0.466 e. The van der Waals surface area contributed by atoms with Crippen molar-refractivity contribution in [3.8, 4) is 0 Å². The predicted octanol–water partition coefficient (Wildman–Crippen LogP) is 21.5. The molecule has 0 heterocycles. The lowest BCUT2D eigenvalue weighted by Gasteiger charge is -2.20. The Balaban J connectivity index is 3.39. The highest BCUT2D eigenvalue weighted by molar-refractivity contribution is 5.76. The summed E-state index contributed by atoms with van der Waals surface area (Å²) >= 11 is 0. The second-order valence-electron chi connectivity index (χ2n) is 22.8. The smallest absolute Gasteiger partial charge is 0.305 e. The summed E-state index contributed by atoms with van der Waals surface area (Å²) in [6.07, 6.45) is 85.8. The van der Waals surface area contributed by atoms with Gasteiger partial charge in [-0.1, -0.05) is 299 Å². The van der Waals surface area contributed by atoms with Gasteiger partial charge in [-0.15, -0.1) is 0 Å². The Morgan fingerprint density at radius 2 is 0.658 bits per heavy atom. The minimum absolute atomic E-state index is 0.000562. The number of aliphatic hydroxyl groups excluding tert-OH is 2. The van der Waals surface area contributed by atoms with E-state index in [4.69, 9.17) is 4.74 Å². The van der Waals surface area contributed by atoms with Crippen molar-refractivity contribution in [3.63, 3.8) is 0 Å². The lowest BCUT2D eigenvalue weighted by Crippen LogP contribution is -2.45. The molecule has 0 fully saturated rings. The van der Waals surface area contributed by atoms with Crippen LogP contribution in [0.4, 0.5) is 0 Å². The van der Waals surface area contributed by atoms with E-state index in [-0.39, 0.29) is 18.5 Å². The first-order valence-corrected chi connectivity index (χ1v) is 33.6. The minimum Gasteiger partial charge on any atom is -0.466 e. The number of nitrogens with one attached hydrogen (secondary N) is 1. The molecule has 0 saturated carbocycles. The van der Waals surface area contributed by atoms with Crippen LogP contribution >= 0.6 is 0 Å². The third kappa shape index (κ3) is 60.8. The summed E-state index contributed by atoms with van der Waals surface area (Å²) in [6.45, 7) is 4.86. The number of ether oxygens (including phenoxy) is 1. The van der Waals surface area contributed by atoms with Crippen molar-refractivity contribution < 1.29 is 24.5 Å². The predicted molar refractivity (Wildman–Crippen MR) is 333 cm³/mol. The average Bonchev–Trinajstić information content (AvgIpc) is 3.42. The van der Waals surface area contributed by atoms with E-state index >= 15 is 0 Å². The van der Waals surface area contributed by atoms with E-state index in [1.165, 1.54) is 263 Å². The third-order valence-corrected chi connectivity index (χ3v) is 15.3. The van der Waals surface area contributed by atoms with Gasteiger partial charge in [-0.25, -0.2) is 0 Å². The maximum Gasteiger partial charge on any atom is 0.305 e. The van der Waals surface area contributed by atoms with Crippen molar-refractivity contribution in [2.45, 2.75) is 360 Å². The molecule has 1 amide bonds. The van der Waals surface area contributed by atoms with Crippen molar-refractivity contribution >= 4 is 11.9 Å². The van der Waals surface area contributed by atoms with Gasteiger partial charge >= 0.3 is 5.97 Å². The van der Waals surface area contributed by atoms with Gasteiger partial charge < -0.3 is 20.3 Å². The van der Waals surface area contributed by atoms with Gasteiger partial charge in [-0.2, -0.15) is 0 Å². The van der Waals surface area contributed by atoms with Crippen LogP contribution in [0, 0.1) is 0 Å². The summed E-state index contributed by atoms with van der Waals surface area (Å²) in [4.78, 5) is 24.5. The van der Waals surface area contributed by atoms with Crippen LogP contribution in [0.3, 0.4) is 0 Å². The number of hydrogen-bond donors (Lipinski definition) is 3. The van der Waals surface area contributed by atoms with Crippen LogP contribution in [0.5, 0.6) is 0 Å². The van der Waals surface area contributed by atoms with E-state index in [0.29, 0.717) is 19.4 Å². The Morgan fingerprint density at radius 3 is 1.03 bits per heavy atom. The number of allylic oxidation sites excluding steroid dienone is 9. The van der Waals surface area contributed by atoms with Crippen LogP contribution < -0.4 is 5.32 Å². The Labute approximate surface area is 473 Å². The maximum atomic E-state index is 12.4. The van der Waals surface area contributed by atoms with Crippen molar-refractivity contribution in [1.82, 2.24) is 5.32 Å². The van der Waals surface area contributed by atoms with Crippen LogP contribution in [0.25, 0.3) is 0 Å². The normalized spacial score (nSPS) is 12.9. The SMILES string of the molecule is CCCCC/C=C\C/C=C\CCCCCCCC(=O)OCCCCCCCCCCC/C=C\C/C=C\CCCCCCCCCCCCCCCCCCCC(=O)NC(CO)C(O)/C=C/CCCCCCCCCCC. The summed E-state index contributed by atoms with van der Waals surface area (Å²) in [5, 5.41) is 23.0. The molecule has 0 aliphatic carbocycles. The molecule has 0 saturated heterocycles. The lowest BCUT2D eigenvalue weighted by molar-refractivity contribution is -0.143. The van der Waals surface area contributed by atoms with Gasteiger partial charge in [0.1, 0.15) is 0 Å². The van der Waals surface area contributed by atoms with Crippen LogP contribution in [0.15, 0.2) is 60.8 Å². The molecule has 0 aromatic carbocycles. The van der Waals surface area contributed by atoms with Crippen molar-refractivity contribution in [3.05, 3.63) is 60.8 Å². The van der Waals surface area contributed by atoms with E-state index in [2.05, 4.69) is 67.8 Å². The maximum absolute atomic E-state index is 12.4. The summed E-state index contributed by atoms with van der Waals surface area (Å²) in [5.41, 5.74) is 0. The molecule has 0 spiro atoms.